The maximum atomic E-state index is 12.8. The molecule has 0 spiro atoms. The van der Waals surface area contributed by atoms with Gasteiger partial charge in [0.1, 0.15) is 5.82 Å². The van der Waals surface area contributed by atoms with Gasteiger partial charge >= 0.3 is 0 Å². The first-order chi connectivity index (χ1) is 6.68. The number of aryl methyl sites for hydroxylation is 1. The lowest BCUT2D eigenvalue weighted by Gasteiger charge is -2.07. The van der Waals surface area contributed by atoms with Crippen LogP contribution in [-0.4, -0.2) is 9.55 Å². The molecular weight excluding hydrogens is 181 g/mol. The van der Waals surface area contributed by atoms with E-state index in [9.17, 15) is 4.39 Å². The van der Waals surface area contributed by atoms with Crippen molar-refractivity contribution in [2.24, 2.45) is 0 Å². The number of anilines is 1. The number of rotatable bonds is 1. The minimum absolute atomic E-state index is 0.245. The molecular formula is C10H10FN3. The van der Waals surface area contributed by atoms with Crippen molar-refractivity contribution >= 4 is 5.95 Å². The van der Waals surface area contributed by atoms with E-state index in [0.29, 0.717) is 5.95 Å². The molecule has 0 aliphatic heterocycles. The van der Waals surface area contributed by atoms with Crippen molar-refractivity contribution in [1.82, 2.24) is 9.55 Å². The Kier molecular flexibility index (Phi) is 1.96. The van der Waals surface area contributed by atoms with Crippen LogP contribution >= 0.6 is 0 Å². The van der Waals surface area contributed by atoms with Gasteiger partial charge in [-0.3, -0.25) is 4.57 Å². The summed E-state index contributed by atoms with van der Waals surface area (Å²) in [4.78, 5) is 3.90. The average Bonchev–Trinajstić information content (AvgIpc) is 2.52. The highest BCUT2D eigenvalue weighted by atomic mass is 19.1. The van der Waals surface area contributed by atoms with Crippen molar-refractivity contribution in [2.45, 2.75) is 6.92 Å². The molecule has 1 aromatic carbocycles. The summed E-state index contributed by atoms with van der Waals surface area (Å²) >= 11 is 0. The van der Waals surface area contributed by atoms with E-state index in [4.69, 9.17) is 5.73 Å². The summed E-state index contributed by atoms with van der Waals surface area (Å²) in [5.41, 5.74) is 7.31. The highest BCUT2D eigenvalue weighted by Crippen LogP contribution is 2.17. The molecule has 0 saturated heterocycles. The molecule has 0 aliphatic rings. The summed E-state index contributed by atoms with van der Waals surface area (Å²) in [6.45, 7) is 1.83. The molecule has 0 atom stereocenters. The van der Waals surface area contributed by atoms with E-state index in [-0.39, 0.29) is 5.82 Å². The Morgan fingerprint density at radius 2 is 2.21 bits per heavy atom. The number of nitrogen functional groups attached to an aromatic ring is 1. The monoisotopic (exact) mass is 191 g/mol. The molecule has 2 rings (SSSR count). The molecule has 0 unspecified atom stereocenters. The molecule has 1 heterocycles. The fourth-order valence-electron chi connectivity index (χ4n) is 1.41. The normalized spacial score (nSPS) is 10.4. The number of aromatic nitrogens is 2. The van der Waals surface area contributed by atoms with Gasteiger partial charge in [-0.05, 0) is 30.7 Å². The topological polar surface area (TPSA) is 43.8 Å². The number of imidazole rings is 1. The molecule has 3 nitrogen and oxygen atoms in total. The number of benzene rings is 1. The average molecular weight is 191 g/mol. The second-order valence-corrected chi connectivity index (χ2v) is 3.09. The van der Waals surface area contributed by atoms with Crippen LogP contribution in [0.3, 0.4) is 0 Å². The zero-order valence-electron chi connectivity index (χ0n) is 7.74. The Bertz CT molecular complexity index is 462. The Labute approximate surface area is 81.0 Å². The second kappa shape index (κ2) is 3.14. The highest BCUT2D eigenvalue weighted by Gasteiger charge is 2.04. The summed E-state index contributed by atoms with van der Waals surface area (Å²) < 4.78 is 14.6. The second-order valence-electron chi connectivity index (χ2n) is 3.09. The molecule has 2 aromatic rings. The Hall–Kier alpha value is -1.84. The summed E-state index contributed by atoms with van der Waals surface area (Å²) in [6.07, 6.45) is 3.35. The molecule has 0 radical (unpaired) electrons. The highest BCUT2D eigenvalue weighted by molar-refractivity contribution is 5.45. The lowest BCUT2D eigenvalue weighted by molar-refractivity contribution is 0.626. The van der Waals surface area contributed by atoms with Gasteiger partial charge in [0.2, 0.25) is 5.95 Å². The van der Waals surface area contributed by atoms with Crippen LogP contribution < -0.4 is 5.73 Å². The Balaban J connectivity index is 2.58. The largest absolute Gasteiger partial charge is 0.369 e. The molecule has 1 aromatic heterocycles. The van der Waals surface area contributed by atoms with Gasteiger partial charge in [-0.2, -0.15) is 0 Å². The van der Waals surface area contributed by atoms with E-state index >= 15 is 0 Å². The van der Waals surface area contributed by atoms with E-state index < -0.39 is 0 Å². The first kappa shape index (κ1) is 8.74. The molecule has 0 fully saturated rings. The van der Waals surface area contributed by atoms with Crippen LogP contribution in [-0.2, 0) is 0 Å². The van der Waals surface area contributed by atoms with E-state index in [1.54, 1.807) is 23.0 Å². The lowest BCUT2D eigenvalue weighted by atomic mass is 10.2. The quantitative estimate of drug-likeness (QED) is 0.748. The van der Waals surface area contributed by atoms with Crippen LogP contribution in [0.15, 0.2) is 30.6 Å². The predicted molar refractivity (Wildman–Crippen MR) is 52.7 cm³/mol. The predicted octanol–water partition coefficient (Wildman–Crippen LogP) is 1.90. The van der Waals surface area contributed by atoms with Crippen LogP contribution in [0.1, 0.15) is 5.56 Å². The molecule has 72 valence electrons. The third-order valence-corrected chi connectivity index (χ3v) is 2.09. The number of hydrogen-bond acceptors (Lipinski definition) is 2. The van der Waals surface area contributed by atoms with Crippen molar-refractivity contribution in [3.05, 3.63) is 42.0 Å². The number of halogens is 1. The van der Waals surface area contributed by atoms with Crippen molar-refractivity contribution in [2.75, 3.05) is 5.73 Å². The minimum atomic E-state index is -0.245. The fourth-order valence-corrected chi connectivity index (χ4v) is 1.41. The first-order valence-corrected chi connectivity index (χ1v) is 4.24. The molecule has 0 saturated carbocycles. The van der Waals surface area contributed by atoms with Crippen molar-refractivity contribution < 1.29 is 4.39 Å². The molecule has 4 heteroatoms. The maximum Gasteiger partial charge on any atom is 0.204 e. The van der Waals surface area contributed by atoms with Crippen LogP contribution in [0.5, 0.6) is 0 Å². The van der Waals surface area contributed by atoms with E-state index in [0.717, 1.165) is 11.3 Å². The van der Waals surface area contributed by atoms with Crippen molar-refractivity contribution in [3.63, 3.8) is 0 Å². The Morgan fingerprint density at radius 1 is 1.43 bits per heavy atom. The minimum Gasteiger partial charge on any atom is -0.369 e. The van der Waals surface area contributed by atoms with E-state index in [2.05, 4.69) is 4.98 Å². The van der Waals surface area contributed by atoms with Crippen molar-refractivity contribution in [3.8, 4) is 5.69 Å². The standard InChI is InChI=1S/C10H10FN3/c1-7-6-8(11)2-3-9(7)14-5-4-13-10(14)12/h2-6H,1H3,(H2,12,13). The molecule has 0 amide bonds. The van der Waals surface area contributed by atoms with Crippen molar-refractivity contribution in [1.29, 1.82) is 0 Å². The third kappa shape index (κ3) is 1.35. The summed E-state index contributed by atoms with van der Waals surface area (Å²) in [5.74, 6) is 0.157. The first-order valence-electron chi connectivity index (χ1n) is 4.24. The zero-order valence-corrected chi connectivity index (χ0v) is 7.74. The van der Waals surface area contributed by atoms with Crippen LogP contribution in [0.4, 0.5) is 10.3 Å². The number of nitrogens with zero attached hydrogens (tertiary/aromatic N) is 2. The number of nitrogens with two attached hydrogens (primary N) is 1. The molecule has 2 N–H and O–H groups in total. The van der Waals surface area contributed by atoms with Gasteiger partial charge < -0.3 is 5.73 Å². The third-order valence-electron chi connectivity index (χ3n) is 2.09. The van der Waals surface area contributed by atoms with E-state index in [1.807, 2.05) is 6.92 Å². The Morgan fingerprint density at radius 3 is 2.79 bits per heavy atom. The fraction of sp³-hybridized carbons (Fsp3) is 0.100. The number of hydrogen-bond donors (Lipinski definition) is 1. The molecule has 14 heavy (non-hydrogen) atoms. The van der Waals surface area contributed by atoms with Gasteiger partial charge in [0.15, 0.2) is 0 Å². The maximum absolute atomic E-state index is 12.8. The summed E-state index contributed by atoms with van der Waals surface area (Å²) in [5, 5.41) is 0. The van der Waals surface area contributed by atoms with Gasteiger partial charge in [0, 0.05) is 12.4 Å². The van der Waals surface area contributed by atoms with Gasteiger partial charge in [-0.1, -0.05) is 0 Å². The molecule has 0 aliphatic carbocycles. The van der Waals surface area contributed by atoms with Crippen LogP contribution in [0.25, 0.3) is 5.69 Å². The summed E-state index contributed by atoms with van der Waals surface area (Å²) in [6, 6.07) is 4.55. The van der Waals surface area contributed by atoms with Crippen LogP contribution in [0, 0.1) is 12.7 Å². The lowest BCUT2D eigenvalue weighted by Crippen LogP contribution is -2.01. The SMILES string of the molecule is Cc1cc(F)ccc1-n1ccnc1N. The van der Waals surface area contributed by atoms with E-state index in [1.165, 1.54) is 12.1 Å². The zero-order chi connectivity index (χ0) is 10.1. The molecule has 0 bridgehead atoms. The summed E-state index contributed by atoms with van der Waals surface area (Å²) in [7, 11) is 0. The smallest absolute Gasteiger partial charge is 0.204 e. The van der Waals surface area contributed by atoms with Gasteiger partial charge in [-0.25, -0.2) is 9.37 Å². The van der Waals surface area contributed by atoms with Gasteiger partial charge in [-0.15, -0.1) is 0 Å². The van der Waals surface area contributed by atoms with Gasteiger partial charge in [0.05, 0.1) is 5.69 Å². The van der Waals surface area contributed by atoms with Gasteiger partial charge in [0.25, 0.3) is 0 Å². The van der Waals surface area contributed by atoms with Crippen LogP contribution in [0.2, 0.25) is 0 Å².